The van der Waals surface area contributed by atoms with Crippen molar-refractivity contribution in [1.82, 2.24) is 0 Å². The lowest BCUT2D eigenvalue weighted by atomic mass is 9.94. The van der Waals surface area contributed by atoms with Gasteiger partial charge >= 0.3 is 0 Å². The summed E-state index contributed by atoms with van der Waals surface area (Å²) in [5.74, 6) is -0.546. The number of anilines is 1. The molecular weight excluding hydrogens is 562 g/mol. The van der Waals surface area contributed by atoms with E-state index in [1.54, 1.807) is 24.3 Å². The third-order valence-electron chi connectivity index (χ3n) is 6.05. The maximum absolute atomic E-state index is 13.7. The van der Waals surface area contributed by atoms with Crippen molar-refractivity contribution in [2.45, 2.75) is 6.92 Å². The van der Waals surface area contributed by atoms with Gasteiger partial charge in [-0.2, -0.15) is 0 Å². The Balaban J connectivity index is 0.000000892. The molecule has 1 aliphatic carbocycles. The maximum atomic E-state index is 13.7. The van der Waals surface area contributed by atoms with Crippen molar-refractivity contribution in [3.8, 4) is 0 Å². The van der Waals surface area contributed by atoms with E-state index in [2.05, 4.69) is 29.3 Å². The second kappa shape index (κ2) is 15.2. The minimum absolute atomic E-state index is 0.271. The minimum atomic E-state index is -4.94. The van der Waals surface area contributed by atoms with Crippen molar-refractivity contribution in [2.75, 3.05) is 25.5 Å². The molecule has 0 radical (unpaired) electrons. The molecule has 0 spiro atoms. The van der Waals surface area contributed by atoms with Gasteiger partial charge in [-0.05, 0) is 88.9 Å². The highest BCUT2D eigenvalue weighted by atomic mass is 35.7. The fourth-order valence-corrected chi connectivity index (χ4v) is 4.09. The van der Waals surface area contributed by atoms with Crippen LogP contribution in [0.4, 0.5) is 14.5 Å². The summed E-state index contributed by atoms with van der Waals surface area (Å²) >= 11 is 0. The largest absolute Gasteiger partial charge is 0.378 e. The van der Waals surface area contributed by atoms with E-state index in [-0.39, 0.29) is 11.6 Å². The first-order valence-electron chi connectivity index (χ1n) is 12.9. The van der Waals surface area contributed by atoms with Crippen LogP contribution >= 0.6 is 0 Å². The molecule has 3 aromatic carbocycles. The maximum Gasteiger partial charge on any atom is 0.123 e. The van der Waals surface area contributed by atoms with Gasteiger partial charge in [-0.15, -0.1) is 10.2 Å². The molecular formula is C33H30ClF2N2O4-. The van der Waals surface area contributed by atoms with Crippen LogP contribution in [0, 0.1) is 21.9 Å². The topological polar surface area (TPSA) is 108 Å². The molecule has 0 N–H and O–H groups in total. The zero-order valence-corrected chi connectivity index (χ0v) is 24.1. The van der Waals surface area contributed by atoms with Crippen LogP contribution < -0.4 is 23.5 Å². The van der Waals surface area contributed by atoms with Crippen molar-refractivity contribution in [1.29, 1.82) is 0 Å². The average molecular weight is 592 g/mol. The van der Waals surface area contributed by atoms with E-state index in [1.165, 1.54) is 24.3 Å². The summed E-state index contributed by atoms with van der Waals surface area (Å²) < 4.78 is 61.3. The molecule has 0 aromatic heterocycles. The van der Waals surface area contributed by atoms with E-state index in [9.17, 15) is 8.78 Å². The molecule has 218 valence electrons. The number of aliphatic imine (C=N–C) groups is 1. The monoisotopic (exact) mass is 591 g/mol. The molecule has 6 nitrogen and oxygen atoms in total. The van der Waals surface area contributed by atoms with Crippen LogP contribution in [-0.2, 0) is 0 Å². The van der Waals surface area contributed by atoms with Crippen LogP contribution in [0.1, 0.15) is 23.6 Å². The molecule has 0 bridgehead atoms. The Morgan fingerprint density at radius 3 is 1.64 bits per heavy atom. The van der Waals surface area contributed by atoms with Gasteiger partial charge in [0.2, 0.25) is 0 Å². The second-order valence-corrected chi connectivity index (χ2v) is 9.96. The summed E-state index contributed by atoms with van der Waals surface area (Å²) in [5.41, 5.74) is 7.80. The van der Waals surface area contributed by atoms with Crippen molar-refractivity contribution in [2.24, 2.45) is 4.99 Å². The van der Waals surface area contributed by atoms with Gasteiger partial charge < -0.3 is 4.90 Å². The Morgan fingerprint density at radius 2 is 1.19 bits per heavy atom. The quantitative estimate of drug-likeness (QED) is 0.392. The summed E-state index contributed by atoms with van der Waals surface area (Å²) in [5, 5.41) is 0. The second-order valence-electron chi connectivity index (χ2n) is 9.21. The first-order valence-corrected chi connectivity index (χ1v) is 14.1. The molecule has 4 rings (SSSR count). The Morgan fingerprint density at radius 1 is 0.738 bits per heavy atom. The van der Waals surface area contributed by atoms with Gasteiger partial charge in [-0.3, -0.25) is 4.99 Å². The molecule has 0 atom stereocenters. The molecule has 42 heavy (non-hydrogen) atoms. The first-order chi connectivity index (χ1) is 19.9. The van der Waals surface area contributed by atoms with Crippen LogP contribution in [0.15, 0.2) is 126 Å². The Labute approximate surface area is 246 Å². The molecule has 0 heterocycles. The highest BCUT2D eigenvalue weighted by Crippen LogP contribution is 2.28. The number of rotatable bonds is 7. The van der Waals surface area contributed by atoms with E-state index in [0.717, 1.165) is 51.4 Å². The van der Waals surface area contributed by atoms with Crippen molar-refractivity contribution < 1.29 is 37.7 Å². The number of benzene rings is 3. The highest BCUT2D eigenvalue weighted by Gasteiger charge is 2.08. The summed E-state index contributed by atoms with van der Waals surface area (Å²) in [6.45, 7) is 2.73. The predicted octanol–water partition coefficient (Wildman–Crippen LogP) is 3.30. The molecule has 3 aromatic rings. The predicted molar refractivity (Wildman–Crippen MR) is 153 cm³/mol. The number of halogens is 3. The molecule has 0 unspecified atom stereocenters. The molecule has 0 saturated carbocycles. The van der Waals surface area contributed by atoms with E-state index in [1.807, 2.05) is 68.5 Å². The fraction of sp³-hybridized carbons (Fsp3) is 0.121. The van der Waals surface area contributed by atoms with E-state index in [0.29, 0.717) is 0 Å². The Kier molecular flexibility index (Phi) is 11.7. The van der Waals surface area contributed by atoms with Crippen LogP contribution in [0.2, 0.25) is 0 Å². The first kappa shape index (κ1) is 32.3. The molecule has 0 amide bonds. The molecule has 0 aliphatic heterocycles. The van der Waals surface area contributed by atoms with Crippen LogP contribution in [0.3, 0.4) is 0 Å². The van der Waals surface area contributed by atoms with E-state index < -0.39 is 10.2 Å². The number of hydrogen-bond acceptors (Lipinski definition) is 6. The summed E-state index contributed by atoms with van der Waals surface area (Å²) in [6.07, 6.45) is 14.1. The van der Waals surface area contributed by atoms with Crippen LogP contribution in [0.25, 0.3) is 11.1 Å². The Hall–Kier alpha value is -4.18. The van der Waals surface area contributed by atoms with Gasteiger partial charge in [-0.1, -0.05) is 66.8 Å². The van der Waals surface area contributed by atoms with E-state index in [4.69, 9.17) is 18.6 Å². The van der Waals surface area contributed by atoms with Gasteiger partial charge in [0.05, 0.1) is 5.71 Å². The molecule has 1 aliphatic rings. The number of nitrogens with zero attached hydrogens (tertiary/aromatic N) is 2. The lowest BCUT2D eigenvalue weighted by molar-refractivity contribution is -2.00. The fourth-order valence-electron chi connectivity index (χ4n) is 4.09. The SMILES string of the molecule is CCN=C1C=CC(=C(C=CC=C(c2ccc(F)cc2)c2ccc(N(C)C)cc2)c2ccc(F)cc2)C=C1.[O-][Cl+3]([O-])([O-])[O-]. The average Bonchev–Trinajstić information content (AvgIpc) is 2.95. The van der Waals surface area contributed by atoms with Gasteiger partial charge in [-0.25, -0.2) is 27.4 Å². The van der Waals surface area contributed by atoms with Gasteiger partial charge in [0.15, 0.2) is 0 Å². The van der Waals surface area contributed by atoms with Crippen molar-refractivity contribution in [3.63, 3.8) is 0 Å². The molecule has 9 heteroatoms. The summed E-state index contributed by atoms with van der Waals surface area (Å²) in [7, 11) is -0.936. The Bertz CT molecular complexity index is 1490. The molecule has 0 saturated heterocycles. The van der Waals surface area contributed by atoms with Crippen molar-refractivity contribution in [3.05, 3.63) is 149 Å². The van der Waals surface area contributed by atoms with Gasteiger partial charge in [0, 0.05) is 26.3 Å². The summed E-state index contributed by atoms with van der Waals surface area (Å²) in [6, 6.07) is 21.3. The van der Waals surface area contributed by atoms with Crippen molar-refractivity contribution >= 4 is 22.5 Å². The standard InChI is InChI=1S/C33H30F2N2.ClHO4/c1-4-36-30-20-12-26(13-21-30)32(24-8-16-28(34)17-9-24)6-5-7-33(25-10-18-29(35)19-11-25)27-14-22-31(23-15-27)37(2)3;2-1(3,4)5/h5-23H,4H2,1-3H3;(H,2,3,4,5)/p-1. The molecule has 0 fully saturated rings. The third-order valence-corrected chi connectivity index (χ3v) is 6.05. The summed E-state index contributed by atoms with van der Waals surface area (Å²) in [4.78, 5) is 6.50. The highest BCUT2D eigenvalue weighted by molar-refractivity contribution is 6.07. The van der Waals surface area contributed by atoms with Crippen LogP contribution in [-0.4, -0.2) is 26.4 Å². The number of hydrogen-bond donors (Lipinski definition) is 0. The lowest BCUT2D eigenvalue weighted by Crippen LogP contribution is -2.68. The van der Waals surface area contributed by atoms with E-state index >= 15 is 0 Å². The van der Waals surface area contributed by atoms with Crippen LogP contribution in [0.5, 0.6) is 0 Å². The zero-order chi connectivity index (χ0) is 30.7. The normalized spacial score (nSPS) is 13.2. The minimum Gasteiger partial charge on any atom is -0.378 e. The third kappa shape index (κ3) is 10.3. The smallest absolute Gasteiger partial charge is 0.123 e. The van der Waals surface area contributed by atoms with Gasteiger partial charge in [0.1, 0.15) is 11.6 Å². The number of allylic oxidation sites excluding steroid dienone is 9. The van der Waals surface area contributed by atoms with Gasteiger partial charge in [0.25, 0.3) is 0 Å². The lowest BCUT2D eigenvalue weighted by Gasteiger charge is -2.17. The zero-order valence-electron chi connectivity index (χ0n) is 23.3.